The van der Waals surface area contributed by atoms with Crippen LogP contribution in [0.3, 0.4) is 0 Å². The number of rotatable bonds is 5. The Morgan fingerprint density at radius 3 is 2.90 bits per heavy atom. The standard InChI is InChI=1S/C15H18FNO3/c1-11(10-20-2)9-17-15(19)13-6-5-12(4-3-7-18)8-14(13)16/h5-6,8,11,18H,7,9-10H2,1-2H3,(H,17,19). The molecule has 4 nitrogen and oxygen atoms in total. The van der Waals surface area contributed by atoms with Crippen molar-refractivity contribution in [3.05, 3.63) is 35.1 Å². The van der Waals surface area contributed by atoms with Gasteiger partial charge in [-0.3, -0.25) is 4.79 Å². The second-order valence-electron chi connectivity index (χ2n) is 4.43. The van der Waals surface area contributed by atoms with E-state index in [4.69, 9.17) is 9.84 Å². The highest BCUT2D eigenvalue weighted by Gasteiger charge is 2.12. The maximum Gasteiger partial charge on any atom is 0.254 e. The number of amides is 1. The Morgan fingerprint density at radius 2 is 2.30 bits per heavy atom. The Kier molecular flexibility index (Phi) is 6.71. The predicted molar refractivity (Wildman–Crippen MR) is 73.7 cm³/mol. The van der Waals surface area contributed by atoms with Crippen LogP contribution in [0.5, 0.6) is 0 Å². The van der Waals surface area contributed by atoms with Crippen LogP contribution in [0, 0.1) is 23.6 Å². The van der Waals surface area contributed by atoms with Crippen LogP contribution in [0.4, 0.5) is 4.39 Å². The molecule has 5 heteroatoms. The van der Waals surface area contributed by atoms with E-state index < -0.39 is 11.7 Å². The fraction of sp³-hybridized carbons (Fsp3) is 0.400. The summed E-state index contributed by atoms with van der Waals surface area (Å²) in [7, 11) is 1.59. The number of nitrogens with one attached hydrogen (secondary N) is 1. The normalized spacial score (nSPS) is 11.4. The summed E-state index contributed by atoms with van der Waals surface area (Å²) in [4.78, 5) is 11.8. The first-order chi connectivity index (χ1) is 9.58. The summed E-state index contributed by atoms with van der Waals surface area (Å²) in [5, 5.41) is 11.2. The van der Waals surface area contributed by atoms with Crippen LogP contribution in [0.1, 0.15) is 22.8 Å². The number of carbonyl (C=O) groups is 1. The van der Waals surface area contributed by atoms with Crippen molar-refractivity contribution in [3.8, 4) is 11.8 Å². The van der Waals surface area contributed by atoms with Crippen LogP contribution >= 0.6 is 0 Å². The summed E-state index contributed by atoms with van der Waals surface area (Å²) < 4.78 is 18.7. The first-order valence-electron chi connectivity index (χ1n) is 6.25. The van der Waals surface area contributed by atoms with Crippen molar-refractivity contribution >= 4 is 5.91 Å². The number of halogens is 1. The van der Waals surface area contributed by atoms with Gasteiger partial charge in [0.05, 0.1) is 12.2 Å². The van der Waals surface area contributed by atoms with Crippen molar-refractivity contribution in [3.63, 3.8) is 0 Å². The molecular formula is C15H18FNO3. The van der Waals surface area contributed by atoms with Gasteiger partial charge in [-0.05, 0) is 24.1 Å². The molecule has 1 aromatic rings. The minimum Gasteiger partial charge on any atom is -0.384 e. The molecule has 1 atom stereocenters. The Labute approximate surface area is 117 Å². The van der Waals surface area contributed by atoms with Crippen LogP contribution < -0.4 is 5.32 Å². The third-order valence-corrected chi connectivity index (χ3v) is 2.59. The molecule has 1 aromatic carbocycles. The molecule has 0 saturated carbocycles. The Hall–Kier alpha value is -1.90. The van der Waals surface area contributed by atoms with E-state index in [0.29, 0.717) is 18.7 Å². The summed E-state index contributed by atoms with van der Waals surface area (Å²) in [6, 6.07) is 4.10. The molecule has 1 unspecified atom stereocenters. The second-order valence-corrected chi connectivity index (χ2v) is 4.43. The Bertz CT molecular complexity index is 520. The first kappa shape index (κ1) is 16.2. The van der Waals surface area contributed by atoms with Crippen molar-refractivity contribution in [2.75, 3.05) is 26.9 Å². The maximum atomic E-state index is 13.8. The first-order valence-corrected chi connectivity index (χ1v) is 6.25. The smallest absolute Gasteiger partial charge is 0.254 e. The highest BCUT2D eigenvalue weighted by Crippen LogP contribution is 2.10. The Balaban J connectivity index is 2.69. The van der Waals surface area contributed by atoms with Crippen molar-refractivity contribution in [1.82, 2.24) is 5.32 Å². The van der Waals surface area contributed by atoms with E-state index in [9.17, 15) is 9.18 Å². The molecule has 0 radical (unpaired) electrons. The molecule has 1 amide bonds. The van der Waals surface area contributed by atoms with E-state index in [1.165, 1.54) is 12.1 Å². The molecule has 0 fully saturated rings. The topological polar surface area (TPSA) is 58.6 Å². The van der Waals surface area contributed by atoms with Gasteiger partial charge >= 0.3 is 0 Å². The van der Waals surface area contributed by atoms with Crippen LogP contribution in [0.15, 0.2) is 18.2 Å². The zero-order valence-corrected chi connectivity index (χ0v) is 11.6. The summed E-state index contributed by atoms with van der Waals surface area (Å²) in [5.41, 5.74) is 0.394. The van der Waals surface area contributed by atoms with E-state index in [2.05, 4.69) is 17.2 Å². The van der Waals surface area contributed by atoms with E-state index in [1.807, 2.05) is 6.92 Å². The van der Waals surface area contributed by atoms with Gasteiger partial charge in [0.15, 0.2) is 0 Å². The number of aliphatic hydroxyl groups excluding tert-OH is 1. The highest BCUT2D eigenvalue weighted by atomic mass is 19.1. The van der Waals surface area contributed by atoms with Gasteiger partial charge in [0.25, 0.3) is 5.91 Å². The molecule has 1 rings (SSSR count). The van der Waals surface area contributed by atoms with Gasteiger partial charge in [-0.2, -0.15) is 0 Å². The molecule has 20 heavy (non-hydrogen) atoms. The largest absolute Gasteiger partial charge is 0.384 e. The van der Waals surface area contributed by atoms with Gasteiger partial charge in [-0.1, -0.05) is 18.8 Å². The number of ether oxygens (including phenoxy) is 1. The average Bonchev–Trinajstić information content (AvgIpc) is 2.43. The van der Waals surface area contributed by atoms with Gasteiger partial charge in [-0.25, -0.2) is 4.39 Å². The molecule has 0 heterocycles. The zero-order chi connectivity index (χ0) is 15.0. The minimum absolute atomic E-state index is 0.0239. The molecule has 0 aromatic heterocycles. The number of carbonyl (C=O) groups excluding carboxylic acids is 1. The van der Waals surface area contributed by atoms with Gasteiger partial charge in [0.1, 0.15) is 12.4 Å². The average molecular weight is 279 g/mol. The summed E-state index contributed by atoms with van der Waals surface area (Å²) in [6.07, 6.45) is 0. The summed E-state index contributed by atoms with van der Waals surface area (Å²) in [6.45, 7) is 2.57. The minimum atomic E-state index is -0.633. The molecule has 0 aliphatic carbocycles. The SMILES string of the molecule is COCC(C)CNC(=O)c1ccc(C#CCO)cc1F. The van der Waals surface area contributed by atoms with Crippen LogP contribution in [0.25, 0.3) is 0 Å². The lowest BCUT2D eigenvalue weighted by molar-refractivity contribution is 0.0930. The van der Waals surface area contributed by atoms with Crippen LogP contribution in [-0.2, 0) is 4.74 Å². The van der Waals surface area contributed by atoms with Crippen molar-refractivity contribution in [1.29, 1.82) is 0 Å². The predicted octanol–water partition coefficient (Wildman–Crippen LogP) is 1.18. The molecule has 0 aliphatic heterocycles. The Morgan fingerprint density at radius 1 is 1.55 bits per heavy atom. The van der Waals surface area contributed by atoms with Gasteiger partial charge in [0.2, 0.25) is 0 Å². The quantitative estimate of drug-likeness (QED) is 0.796. The van der Waals surface area contributed by atoms with Crippen LogP contribution in [0.2, 0.25) is 0 Å². The second kappa shape index (κ2) is 8.31. The van der Waals surface area contributed by atoms with Gasteiger partial charge < -0.3 is 15.2 Å². The number of benzene rings is 1. The third kappa shape index (κ3) is 5.00. The van der Waals surface area contributed by atoms with Crippen molar-refractivity contribution in [2.45, 2.75) is 6.92 Å². The fourth-order valence-electron chi connectivity index (χ4n) is 1.62. The molecule has 2 N–H and O–H groups in total. The van der Waals surface area contributed by atoms with E-state index >= 15 is 0 Å². The van der Waals surface area contributed by atoms with Gasteiger partial charge in [-0.15, -0.1) is 0 Å². The van der Waals surface area contributed by atoms with Crippen molar-refractivity contribution in [2.24, 2.45) is 5.92 Å². The maximum absolute atomic E-state index is 13.8. The summed E-state index contributed by atoms with van der Waals surface area (Å²) in [5.74, 6) is 4.06. The van der Waals surface area contributed by atoms with Crippen molar-refractivity contribution < 1.29 is 19.0 Å². The van der Waals surface area contributed by atoms with Crippen LogP contribution in [-0.4, -0.2) is 37.9 Å². The number of hydrogen-bond acceptors (Lipinski definition) is 3. The molecule has 0 bridgehead atoms. The molecule has 0 saturated heterocycles. The number of aliphatic hydroxyl groups is 1. The molecule has 0 spiro atoms. The summed E-state index contributed by atoms with van der Waals surface area (Å²) >= 11 is 0. The fourth-order valence-corrected chi connectivity index (χ4v) is 1.62. The monoisotopic (exact) mass is 279 g/mol. The highest BCUT2D eigenvalue weighted by molar-refractivity contribution is 5.94. The molecule has 0 aliphatic rings. The molecular weight excluding hydrogens is 261 g/mol. The lowest BCUT2D eigenvalue weighted by Crippen LogP contribution is -2.30. The molecule has 108 valence electrons. The van der Waals surface area contributed by atoms with E-state index in [-0.39, 0.29) is 18.1 Å². The number of methoxy groups -OCH3 is 1. The number of hydrogen-bond donors (Lipinski definition) is 2. The lowest BCUT2D eigenvalue weighted by Gasteiger charge is -2.11. The zero-order valence-electron chi connectivity index (χ0n) is 11.6. The van der Waals surface area contributed by atoms with E-state index in [1.54, 1.807) is 13.2 Å². The van der Waals surface area contributed by atoms with E-state index in [0.717, 1.165) is 0 Å². The van der Waals surface area contributed by atoms with Gasteiger partial charge in [0, 0.05) is 19.2 Å². The lowest BCUT2D eigenvalue weighted by atomic mass is 10.1. The third-order valence-electron chi connectivity index (χ3n) is 2.59.